The van der Waals surface area contributed by atoms with E-state index in [4.69, 9.17) is 5.26 Å². The van der Waals surface area contributed by atoms with Crippen LogP contribution < -0.4 is 5.32 Å². The quantitative estimate of drug-likeness (QED) is 0.897. The highest BCUT2D eigenvalue weighted by molar-refractivity contribution is 7.07. The van der Waals surface area contributed by atoms with Crippen LogP contribution in [0.5, 0.6) is 0 Å². The van der Waals surface area contributed by atoms with Gasteiger partial charge < -0.3 is 5.32 Å². The smallest absolute Gasteiger partial charge is 0.144 e. The Bertz CT molecular complexity index is 528. The summed E-state index contributed by atoms with van der Waals surface area (Å²) in [6.45, 7) is 2.64. The highest BCUT2D eigenvalue weighted by atomic mass is 32.1. The number of aromatic nitrogens is 2. The Morgan fingerprint density at radius 1 is 1.47 bits per heavy atom. The number of rotatable bonds is 4. The number of anilines is 1. The second-order valence-corrected chi connectivity index (χ2v) is 4.34. The molecule has 17 heavy (non-hydrogen) atoms. The van der Waals surface area contributed by atoms with Gasteiger partial charge in [-0.2, -0.15) is 5.26 Å². The van der Waals surface area contributed by atoms with Crippen LogP contribution >= 0.6 is 11.3 Å². The molecule has 2 rings (SSSR count). The number of nitrogens with zero attached hydrogens (tertiary/aromatic N) is 3. The van der Waals surface area contributed by atoms with E-state index in [9.17, 15) is 0 Å². The standard InChI is InChI=1S/C12H12N4S/c1-9-2-3-10(6-13)12(16-9)14-5-4-11-7-17-8-15-11/h2-3,7-8H,4-5H2,1H3,(H,14,16). The molecule has 0 spiro atoms. The predicted molar refractivity (Wildman–Crippen MR) is 68.0 cm³/mol. The van der Waals surface area contributed by atoms with Gasteiger partial charge >= 0.3 is 0 Å². The lowest BCUT2D eigenvalue weighted by Crippen LogP contribution is -2.08. The summed E-state index contributed by atoms with van der Waals surface area (Å²) in [6.07, 6.45) is 0.837. The van der Waals surface area contributed by atoms with Gasteiger partial charge in [-0.25, -0.2) is 9.97 Å². The van der Waals surface area contributed by atoms with Crippen LogP contribution in [0.15, 0.2) is 23.0 Å². The van der Waals surface area contributed by atoms with Gasteiger partial charge in [0, 0.05) is 24.0 Å². The molecule has 0 radical (unpaired) electrons. The molecule has 0 amide bonds. The van der Waals surface area contributed by atoms with E-state index in [1.54, 1.807) is 17.4 Å². The predicted octanol–water partition coefficient (Wildman–Crippen LogP) is 2.37. The first-order chi connectivity index (χ1) is 8.29. The van der Waals surface area contributed by atoms with Gasteiger partial charge in [0.25, 0.3) is 0 Å². The van der Waals surface area contributed by atoms with Crippen LogP contribution in [0.1, 0.15) is 17.0 Å². The van der Waals surface area contributed by atoms with Crippen LogP contribution in [-0.2, 0) is 6.42 Å². The average Bonchev–Trinajstić information content (AvgIpc) is 2.82. The van der Waals surface area contributed by atoms with Crippen LogP contribution in [-0.4, -0.2) is 16.5 Å². The Labute approximate surface area is 104 Å². The van der Waals surface area contributed by atoms with E-state index >= 15 is 0 Å². The van der Waals surface area contributed by atoms with Crippen molar-refractivity contribution < 1.29 is 0 Å². The zero-order valence-electron chi connectivity index (χ0n) is 9.47. The molecular formula is C12H12N4S. The molecule has 0 aliphatic heterocycles. The normalized spacial score (nSPS) is 9.88. The van der Waals surface area contributed by atoms with Gasteiger partial charge in [-0.15, -0.1) is 11.3 Å². The molecule has 86 valence electrons. The van der Waals surface area contributed by atoms with E-state index in [1.165, 1.54) is 0 Å². The zero-order valence-corrected chi connectivity index (χ0v) is 10.3. The molecule has 0 bridgehead atoms. The lowest BCUT2D eigenvalue weighted by Gasteiger charge is -2.06. The number of aryl methyl sites for hydroxylation is 1. The van der Waals surface area contributed by atoms with Crippen molar-refractivity contribution in [2.75, 3.05) is 11.9 Å². The highest BCUT2D eigenvalue weighted by Crippen LogP contribution is 2.12. The third-order valence-electron chi connectivity index (χ3n) is 2.31. The SMILES string of the molecule is Cc1ccc(C#N)c(NCCc2cscn2)n1. The lowest BCUT2D eigenvalue weighted by molar-refractivity contribution is 0.964. The van der Waals surface area contributed by atoms with Crippen molar-refractivity contribution in [3.05, 3.63) is 40.0 Å². The summed E-state index contributed by atoms with van der Waals surface area (Å²) >= 11 is 1.59. The molecule has 0 aromatic carbocycles. The van der Waals surface area contributed by atoms with Gasteiger partial charge in [0.1, 0.15) is 11.9 Å². The minimum Gasteiger partial charge on any atom is -0.369 e. The van der Waals surface area contributed by atoms with Gasteiger partial charge in [-0.05, 0) is 19.1 Å². The summed E-state index contributed by atoms with van der Waals surface area (Å²) in [7, 11) is 0. The largest absolute Gasteiger partial charge is 0.369 e. The number of nitriles is 1. The Morgan fingerprint density at radius 2 is 2.35 bits per heavy atom. The first-order valence-electron chi connectivity index (χ1n) is 5.28. The zero-order chi connectivity index (χ0) is 12.1. The van der Waals surface area contributed by atoms with Crippen molar-refractivity contribution in [3.8, 4) is 6.07 Å². The summed E-state index contributed by atoms with van der Waals surface area (Å²) < 4.78 is 0. The summed E-state index contributed by atoms with van der Waals surface area (Å²) in [5.74, 6) is 0.655. The Hall–Kier alpha value is -1.93. The van der Waals surface area contributed by atoms with Crippen molar-refractivity contribution in [3.63, 3.8) is 0 Å². The molecule has 0 saturated carbocycles. The summed E-state index contributed by atoms with van der Waals surface area (Å²) in [5.41, 5.74) is 4.36. The van der Waals surface area contributed by atoms with Crippen LogP contribution in [0, 0.1) is 18.3 Å². The third kappa shape index (κ3) is 3.02. The minimum absolute atomic E-state index is 0.578. The van der Waals surface area contributed by atoms with Gasteiger partial charge in [0.05, 0.1) is 16.8 Å². The number of hydrogen-bond acceptors (Lipinski definition) is 5. The fourth-order valence-corrected chi connectivity index (χ4v) is 2.04. The van der Waals surface area contributed by atoms with Crippen molar-refractivity contribution in [1.82, 2.24) is 9.97 Å². The van der Waals surface area contributed by atoms with Gasteiger partial charge in [-0.3, -0.25) is 0 Å². The van der Waals surface area contributed by atoms with E-state index in [2.05, 4.69) is 21.4 Å². The van der Waals surface area contributed by atoms with Crippen LogP contribution in [0.25, 0.3) is 0 Å². The molecular weight excluding hydrogens is 232 g/mol. The first-order valence-corrected chi connectivity index (χ1v) is 6.22. The van der Waals surface area contributed by atoms with Crippen molar-refractivity contribution in [2.24, 2.45) is 0 Å². The number of pyridine rings is 1. The van der Waals surface area contributed by atoms with Crippen molar-refractivity contribution >= 4 is 17.2 Å². The van der Waals surface area contributed by atoms with Crippen molar-refractivity contribution in [2.45, 2.75) is 13.3 Å². The molecule has 0 aliphatic rings. The highest BCUT2D eigenvalue weighted by Gasteiger charge is 2.03. The Balaban J connectivity index is 1.99. The van der Waals surface area contributed by atoms with Crippen LogP contribution in [0.2, 0.25) is 0 Å². The molecule has 2 heterocycles. The van der Waals surface area contributed by atoms with E-state index in [0.29, 0.717) is 11.4 Å². The first kappa shape index (κ1) is 11.6. The molecule has 5 heteroatoms. The molecule has 0 aliphatic carbocycles. The molecule has 1 N–H and O–H groups in total. The molecule has 0 fully saturated rings. The molecule has 0 atom stereocenters. The second kappa shape index (κ2) is 5.41. The monoisotopic (exact) mass is 244 g/mol. The fraction of sp³-hybridized carbons (Fsp3) is 0.250. The van der Waals surface area contributed by atoms with Gasteiger partial charge in [0.15, 0.2) is 0 Å². The van der Waals surface area contributed by atoms with E-state index in [1.807, 2.05) is 23.9 Å². The maximum atomic E-state index is 8.95. The average molecular weight is 244 g/mol. The minimum atomic E-state index is 0.578. The van der Waals surface area contributed by atoms with Crippen LogP contribution in [0.3, 0.4) is 0 Å². The molecule has 0 saturated heterocycles. The Morgan fingerprint density at radius 3 is 3.06 bits per heavy atom. The number of nitrogens with one attached hydrogen (secondary N) is 1. The Kier molecular flexibility index (Phi) is 3.68. The van der Waals surface area contributed by atoms with E-state index in [0.717, 1.165) is 24.4 Å². The molecule has 0 unspecified atom stereocenters. The molecule has 2 aromatic heterocycles. The summed E-state index contributed by atoms with van der Waals surface area (Å²) in [4.78, 5) is 8.51. The summed E-state index contributed by atoms with van der Waals surface area (Å²) in [5, 5.41) is 14.2. The van der Waals surface area contributed by atoms with Gasteiger partial charge in [0.2, 0.25) is 0 Å². The van der Waals surface area contributed by atoms with Crippen molar-refractivity contribution in [1.29, 1.82) is 5.26 Å². The summed E-state index contributed by atoms with van der Waals surface area (Å²) in [6, 6.07) is 5.75. The maximum absolute atomic E-state index is 8.95. The maximum Gasteiger partial charge on any atom is 0.144 e. The van der Waals surface area contributed by atoms with E-state index < -0.39 is 0 Å². The molecule has 4 nitrogen and oxygen atoms in total. The fourth-order valence-electron chi connectivity index (χ4n) is 1.45. The van der Waals surface area contributed by atoms with Crippen LogP contribution in [0.4, 0.5) is 5.82 Å². The van der Waals surface area contributed by atoms with E-state index in [-0.39, 0.29) is 0 Å². The molecule has 2 aromatic rings. The lowest BCUT2D eigenvalue weighted by atomic mass is 10.2. The third-order valence-corrected chi connectivity index (χ3v) is 2.95. The number of hydrogen-bond donors (Lipinski definition) is 1. The van der Waals surface area contributed by atoms with Gasteiger partial charge in [-0.1, -0.05) is 0 Å². The topological polar surface area (TPSA) is 61.6 Å². The number of thiazole rings is 1. The second-order valence-electron chi connectivity index (χ2n) is 3.62.